The number of nitrogens with zero attached hydrogens (tertiary/aromatic N) is 1. The first-order valence-electron chi connectivity index (χ1n) is 5.74. The lowest BCUT2D eigenvalue weighted by atomic mass is 10.2. The highest BCUT2D eigenvalue weighted by atomic mass is 79.9. The summed E-state index contributed by atoms with van der Waals surface area (Å²) in [7, 11) is 0. The van der Waals surface area contributed by atoms with Crippen LogP contribution in [-0.2, 0) is 6.54 Å². The largest absolute Gasteiger partial charge is 0.478 e. The van der Waals surface area contributed by atoms with Crippen molar-refractivity contribution in [3.8, 4) is 0 Å². The molecule has 19 heavy (non-hydrogen) atoms. The molecule has 1 aromatic heterocycles. The molecule has 2 aromatic rings. The molecule has 0 unspecified atom stereocenters. The Morgan fingerprint density at radius 3 is 2.84 bits per heavy atom. The number of aryl methyl sites for hydroxylation is 1. The summed E-state index contributed by atoms with van der Waals surface area (Å²) >= 11 is 3.47. The lowest BCUT2D eigenvalue weighted by Gasteiger charge is -2.08. The smallest absolute Gasteiger partial charge is 0.335 e. The van der Waals surface area contributed by atoms with Crippen LogP contribution in [0.15, 0.2) is 41.0 Å². The zero-order valence-corrected chi connectivity index (χ0v) is 11.9. The lowest BCUT2D eigenvalue weighted by Crippen LogP contribution is -2.04. The number of anilines is 1. The minimum absolute atomic E-state index is 0.247. The average Bonchev–Trinajstić information content (AvgIpc) is 2.40. The van der Waals surface area contributed by atoms with Crippen LogP contribution in [0.1, 0.15) is 21.6 Å². The molecule has 0 saturated heterocycles. The Hall–Kier alpha value is -1.88. The monoisotopic (exact) mass is 320 g/mol. The Kier molecular flexibility index (Phi) is 4.16. The number of carboxylic acid groups (broad SMARTS) is 1. The molecule has 0 aliphatic heterocycles. The third-order valence-electron chi connectivity index (χ3n) is 2.71. The van der Waals surface area contributed by atoms with Crippen molar-refractivity contribution in [1.82, 2.24) is 4.98 Å². The van der Waals surface area contributed by atoms with Gasteiger partial charge in [0.15, 0.2) is 0 Å². The maximum absolute atomic E-state index is 10.9. The molecule has 0 spiro atoms. The summed E-state index contributed by atoms with van der Waals surface area (Å²) < 4.78 is 1.03. The molecule has 0 saturated carbocycles. The van der Waals surface area contributed by atoms with Gasteiger partial charge in [0.2, 0.25) is 0 Å². The van der Waals surface area contributed by atoms with Gasteiger partial charge in [-0.05, 0) is 36.8 Å². The second-order valence-corrected chi connectivity index (χ2v) is 5.01. The number of halogens is 1. The van der Waals surface area contributed by atoms with E-state index in [1.807, 2.05) is 25.1 Å². The van der Waals surface area contributed by atoms with Gasteiger partial charge in [0.1, 0.15) is 0 Å². The molecule has 0 aliphatic carbocycles. The van der Waals surface area contributed by atoms with Gasteiger partial charge < -0.3 is 10.4 Å². The topological polar surface area (TPSA) is 62.2 Å². The summed E-state index contributed by atoms with van der Waals surface area (Å²) in [4.78, 5) is 15.0. The number of carbonyl (C=O) groups is 1. The van der Waals surface area contributed by atoms with Gasteiger partial charge in [-0.25, -0.2) is 4.79 Å². The van der Waals surface area contributed by atoms with Crippen LogP contribution in [-0.4, -0.2) is 16.1 Å². The summed E-state index contributed by atoms with van der Waals surface area (Å²) in [5.74, 6) is -0.943. The predicted octanol–water partition coefficient (Wildman–Crippen LogP) is 3.46. The molecule has 0 fully saturated rings. The predicted molar refractivity (Wildman–Crippen MR) is 77.4 cm³/mol. The fraction of sp³-hybridized carbons (Fsp3) is 0.143. The standard InChI is InChI=1S/C14H13BrN2O2/c1-9-2-3-11(7-13(9)15)17-8-12-6-10(14(18)19)4-5-16-12/h2-7,17H,8H2,1H3,(H,18,19). The molecule has 5 heteroatoms. The summed E-state index contributed by atoms with van der Waals surface area (Å²) in [6, 6.07) is 9.01. The third-order valence-corrected chi connectivity index (χ3v) is 3.56. The second kappa shape index (κ2) is 5.84. The summed E-state index contributed by atoms with van der Waals surface area (Å²) in [6.45, 7) is 2.50. The Bertz CT molecular complexity index is 614. The van der Waals surface area contributed by atoms with Crippen molar-refractivity contribution in [2.45, 2.75) is 13.5 Å². The van der Waals surface area contributed by atoms with E-state index in [1.165, 1.54) is 12.3 Å². The van der Waals surface area contributed by atoms with Gasteiger partial charge in [0.25, 0.3) is 0 Å². The minimum Gasteiger partial charge on any atom is -0.478 e. The van der Waals surface area contributed by atoms with E-state index < -0.39 is 5.97 Å². The SMILES string of the molecule is Cc1ccc(NCc2cc(C(=O)O)ccn2)cc1Br. The van der Waals surface area contributed by atoms with Crippen LogP contribution in [0.25, 0.3) is 0 Å². The minimum atomic E-state index is -0.943. The van der Waals surface area contributed by atoms with E-state index >= 15 is 0 Å². The van der Waals surface area contributed by atoms with Crippen molar-refractivity contribution in [3.05, 3.63) is 57.8 Å². The van der Waals surface area contributed by atoms with E-state index in [0.29, 0.717) is 12.2 Å². The molecule has 0 bridgehead atoms. The van der Waals surface area contributed by atoms with Gasteiger partial charge >= 0.3 is 5.97 Å². The molecule has 4 nitrogen and oxygen atoms in total. The third kappa shape index (κ3) is 3.54. The molecule has 0 radical (unpaired) electrons. The van der Waals surface area contributed by atoms with Crippen LogP contribution in [0.5, 0.6) is 0 Å². The van der Waals surface area contributed by atoms with Gasteiger partial charge in [0, 0.05) is 16.4 Å². The number of hydrogen-bond donors (Lipinski definition) is 2. The van der Waals surface area contributed by atoms with E-state index in [2.05, 4.69) is 26.2 Å². The first kappa shape index (κ1) is 13.5. The fourth-order valence-corrected chi connectivity index (χ4v) is 1.98. The zero-order chi connectivity index (χ0) is 13.8. The van der Waals surface area contributed by atoms with Crippen LogP contribution >= 0.6 is 15.9 Å². The van der Waals surface area contributed by atoms with Crippen LogP contribution in [0.4, 0.5) is 5.69 Å². The van der Waals surface area contributed by atoms with E-state index in [4.69, 9.17) is 5.11 Å². The Morgan fingerprint density at radius 2 is 2.16 bits per heavy atom. The quantitative estimate of drug-likeness (QED) is 0.905. The van der Waals surface area contributed by atoms with Crippen molar-refractivity contribution in [1.29, 1.82) is 0 Å². The number of aromatic carboxylic acids is 1. The van der Waals surface area contributed by atoms with Crippen molar-refractivity contribution < 1.29 is 9.90 Å². The summed E-state index contributed by atoms with van der Waals surface area (Å²) in [6.07, 6.45) is 1.51. The van der Waals surface area contributed by atoms with E-state index in [1.54, 1.807) is 6.07 Å². The number of pyridine rings is 1. The van der Waals surface area contributed by atoms with Crippen LogP contribution in [0, 0.1) is 6.92 Å². The number of hydrogen-bond acceptors (Lipinski definition) is 3. The van der Waals surface area contributed by atoms with E-state index in [9.17, 15) is 4.79 Å². The van der Waals surface area contributed by atoms with Crippen LogP contribution < -0.4 is 5.32 Å². The van der Waals surface area contributed by atoms with Crippen molar-refractivity contribution in [2.75, 3.05) is 5.32 Å². The Morgan fingerprint density at radius 1 is 1.37 bits per heavy atom. The summed E-state index contributed by atoms with van der Waals surface area (Å²) in [5, 5.41) is 12.1. The highest BCUT2D eigenvalue weighted by Gasteiger charge is 2.04. The maximum atomic E-state index is 10.9. The van der Waals surface area contributed by atoms with Crippen molar-refractivity contribution in [2.24, 2.45) is 0 Å². The van der Waals surface area contributed by atoms with E-state index in [0.717, 1.165) is 15.7 Å². The highest BCUT2D eigenvalue weighted by molar-refractivity contribution is 9.10. The van der Waals surface area contributed by atoms with Gasteiger partial charge in [-0.2, -0.15) is 0 Å². The molecule has 1 heterocycles. The Labute approximate surface area is 119 Å². The molecule has 0 amide bonds. The van der Waals surface area contributed by atoms with Gasteiger partial charge in [-0.3, -0.25) is 4.98 Å². The van der Waals surface area contributed by atoms with Crippen LogP contribution in [0.2, 0.25) is 0 Å². The highest BCUT2D eigenvalue weighted by Crippen LogP contribution is 2.20. The Balaban J connectivity index is 2.07. The van der Waals surface area contributed by atoms with Gasteiger partial charge in [-0.1, -0.05) is 22.0 Å². The summed E-state index contributed by atoms with van der Waals surface area (Å²) in [5.41, 5.74) is 3.06. The molecular weight excluding hydrogens is 308 g/mol. The average molecular weight is 321 g/mol. The normalized spacial score (nSPS) is 10.2. The number of aromatic nitrogens is 1. The molecule has 2 rings (SSSR count). The van der Waals surface area contributed by atoms with Crippen molar-refractivity contribution >= 4 is 27.6 Å². The number of carboxylic acids is 1. The molecule has 0 atom stereocenters. The second-order valence-electron chi connectivity index (χ2n) is 4.16. The maximum Gasteiger partial charge on any atom is 0.335 e. The van der Waals surface area contributed by atoms with Gasteiger partial charge in [-0.15, -0.1) is 0 Å². The fourth-order valence-electron chi connectivity index (χ4n) is 1.60. The molecule has 0 aliphatic rings. The molecule has 98 valence electrons. The van der Waals surface area contributed by atoms with Gasteiger partial charge in [0.05, 0.1) is 17.8 Å². The zero-order valence-electron chi connectivity index (χ0n) is 10.4. The molecular formula is C14H13BrN2O2. The van der Waals surface area contributed by atoms with E-state index in [-0.39, 0.29) is 5.56 Å². The molecule has 1 aromatic carbocycles. The first-order valence-corrected chi connectivity index (χ1v) is 6.54. The first-order chi connectivity index (χ1) is 9.06. The molecule has 2 N–H and O–H groups in total. The van der Waals surface area contributed by atoms with Crippen molar-refractivity contribution in [3.63, 3.8) is 0 Å². The van der Waals surface area contributed by atoms with Crippen LogP contribution in [0.3, 0.4) is 0 Å². The number of nitrogens with one attached hydrogen (secondary N) is 1. The number of benzene rings is 1. The lowest BCUT2D eigenvalue weighted by molar-refractivity contribution is 0.0696. The number of rotatable bonds is 4.